The second-order valence-electron chi connectivity index (χ2n) is 7.40. The van der Waals surface area contributed by atoms with Gasteiger partial charge in [0.05, 0.1) is 12.2 Å². The van der Waals surface area contributed by atoms with E-state index >= 15 is 0 Å². The number of hydrogen-bond donors (Lipinski definition) is 1. The minimum atomic E-state index is -4.41. The number of urea groups is 1. The molecule has 31 heavy (non-hydrogen) atoms. The molecule has 1 aromatic carbocycles. The Kier molecular flexibility index (Phi) is 5.81. The summed E-state index contributed by atoms with van der Waals surface area (Å²) in [7, 11) is 1.63. The number of pyridine rings is 1. The zero-order valence-electron chi connectivity index (χ0n) is 16.9. The normalized spacial score (nSPS) is 16.8. The van der Waals surface area contributed by atoms with E-state index < -0.39 is 11.7 Å². The van der Waals surface area contributed by atoms with Gasteiger partial charge in [-0.3, -0.25) is 0 Å². The summed E-state index contributed by atoms with van der Waals surface area (Å²) in [6.07, 6.45) is -1.96. The van der Waals surface area contributed by atoms with Gasteiger partial charge < -0.3 is 19.5 Å². The molecule has 1 saturated heterocycles. The number of hydrogen-bond acceptors (Lipinski definition) is 4. The Labute approximate surface area is 176 Å². The lowest BCUT2D eigenvalue weighted by Crippen LogP contribution is -2.33. The number of benzene rings is 1. The van der Waals surface area contributed by atoms with E-state index in [9.17, 15) is 18.0 Å². The van der Waals surface area contributed by atoms with Crippen LogP contribution in [0.1, 0.15) is 23.7 Å². The van der Waals surface area contributed by atoms with Crippen LogP contribution in [-0.2, 0) is 17.5 Å². The number of halogens is 3. The maximum absolute atomic E-state index is 12.7. The van der Waals surface area contributed by atoms with E-state index in [1.807, 2.05) is 16.7 Å². The van der Waals surface area contributed by atoms with Crippen molar-refractivity contribution < 1.29 is 22.7 Å². The van der Waals surface area contributed by atoms with Crippen molar-refractivity contribution in [1.82, 2.24) is 19.4 Å². The number of fused-ring (bicyclic) bond motifs is 1. The van der Waals surface area contributed by atoms with E-state index in [0.717, 1.165) is 35.5 Å². The second-order valence-corrected chi connectivity index (χ2v) is 7.40. The zero-order valence-corrected chi connectivity index (χ0v) is 16.9. The van der Waals surface area contributed by atoms with Crippen molar-refractivity contribution in [1.29, 1.82) is 0 Å². The van der Waals surface area contributed by atoms with Gasteiger partial charge in [-0.25, -0.2) is 14.8 Å². The van der Waals surface area contributed by atoms with Crippen molar-refractivity contribution in [3.05, 3.63) is 54.0 Å². The summed E-state index contributed by atoms with van der Waals surface area (Å²) >= 11 is 0. The van der Waals surface area contributed by atoms with E-state index in [4.69, 9.17) is 9.72 Å². The van der Waals surface area contributed by atoms with Gasteiger partial charge in [0.1, 0.15) is 11.3 Å². The summed E-state index contributed by atoms with van der Waals surface area (Å²) in [4.78, 5) is 23.5. The molecule has 10 heteroatoms. The number of amides is 2. The molecule has 1 unspecified atom stereocenters. The minimum Gasteiger partial charge on any atom is -0.383 e. The molecule has 0 spiro atoms. The zero-order chi connectivity index (χ0) is 22.0. The highest BCUT2D eigenvalue weighted by molar-refractivity contribution is 5.89. The van der Waals surface area contributed by atoms with Crippen LogP contribution in [0.5, 0.6) is 0 Å². The molecule has 1 aliphatic rings. The summed E-state index contributed by atoms with van der Waals surface area (Å²) in [6, 6.07) is 7.80. The van der Waals surface area contributed by atoms with Gasteiger partial charge in [-0.05, 0) is 42.8 Å². The number of nitrogens with zero attached hydrogens (tertiary/aromatic N) is 4. The molecule has 0 radical (unpaired) electrons. The number of anilines is 1. The lowest BCUT2D eigenvalue weighted by Gasteiger charge is -2.18. The van der Waals surface area contributed by atoms with E-state index in [1.54, 1.807) is 18.2 Å². The largest absolute Gasteiger partial charge is 0.416 e. The standard InChI is InChI=1S/C21H22F3N5O2/c1-31-12-11-29-18(27-17-3-2-9-25-19(17)29)14-8-10-28(13-14)20(30)26-16-6-4-15(5-7-16)21(22,23)24/h2-7,9,14H,8,10-13H2,1H3,(H,26,30). The molecule has 164 valence electrons. The lowest BCUT2D eigenvalue weighted by molar-refractivity contribution is -0.137. The molecule has 7 nitrogen and oxygen atoms in total. The molecule has 2 amide bonds. The van der Waals surface area contributed by atoms with E-state index in [0.29, 0.717) is 31.9 Å². The number of alkyl halides is 3. The van der Waals surface area contributed by atoms with Gasteiger partial charge in [0, 0.05) is 44.5 Å². The van der Waals surface area contributed by atoms with E-state index in [-0.39, 0.29) is 11.9 Å². The van der Waals surface area contributed by atoms with Crippen LogP contribution in [0.15, 0.2) is 42.6 Å². The van der Waals surface area contributed by atoms with Crippen LogP contribution in [0.4, 0.5) is 23.7 Å². The average molecular weight is 433 g/mol. The molecule has 0 saturated carbocycles. The van der Waals surface area contributed by atoms with Crippen LogP contribution in [0.3, 0.4) is 0 Å². The number of nitrogens with one attached hydrogen (secondary N) is 1. The van der Waals surface area contributed by atoms with Crippen LogP contribution in [0, 0.1) is 0 Å². The number of methoxy groups -OCH3 is 1. The lowest BCUT2D eigenvalue weighted by atomic mass is 10.1. The van der Waals surface area contributed by atoms with Crippen molar-refractivity contribution >= 4 is 22.9 Å². The SMILES string of the molecule is COCCn1c(C2CCN(C(=O)Nc3ccc(C(F)(F)F)cc3)C2)nc2cccnc21. The molecule has 1 aliphatic heterocycles. The first kappa shape index (κ1) is 21.1. The summed E-state index contributed by atoms with van der Waals surface area (Å²) < 4.78 is 45.4. The van der Waals surface area contributed by atoms with Gasteiger partial charge in [0.25, 0.3) is 0 Å². The van der Waals surface area contributed by atoms with Gasteiger partial charge in [-0.2, -0.15) is 13.2 Å². The summed E-state index contributed by atoms with van der Waals surface area (Å²) in [5, 5.41) is 2.67. The Morgan fingerprint density at radius 2 is 2.03 bits per heavy atom. The maximum atomic E-state index is 12.7. The topological polar surface area (TPSA) is 72.3 Å². The summed E-state index contributed by atoms with van der Waals surface area (Å²) in [5.41, 5.74) is 1.14. The van der Waals surface area contributed by atoms with Crippen molar-refractivity contribution in [2.24, 2.45) is 0 Å². The summed E-state index contributed by atoms with van der Waals surface area (Å²) in [6.45, 7) is 2.11. The Bertz CT molecular complexity index is 1070. The number of carbonyl (C=O) groups is 1. The quantitative estimate of drug-likeness (QED) is 0.657. The third-order valence-electron chi connectivity index (χ3n) is 5.36. The Morgan fingerprint density at radius 3 is 2.74 bits per heavy atom. The molecular formula is C21H22F3N5O2. The number of likely N-dealkylation sites (tertiary alicyclic amines) is 1. The van der Waals surface area contributed by atoms with Gasteiger partial charge in [-0.1, -0.05) is 0 Å². The number of ether oxygens (including phenoxy) is 1. The van der Waals surface area contributed by atoms with Crippen molar-refractivity contribution in [2.45, 2.75) is 25.1 Å². The minimum absolute atomic E-state index is 0.0319. The van der Waals surface area contributed by atoms with Gasteiger partial charge in [-0.15, -0.1) is 0 Å². The number of carbonyl (C=O) groups excluding carboxylic acids is 1. The molecule has 0 bridgehead atoms. The van der Waals surface area contributed by atoms with Crippen LogP contribution in [0.25, 0.3) is 11.2 Å². The van der Waals surface area contributed by atoms with Gasteiger partial charge >= 0.3 is 12.2 Å². The fourth-order valence-electron chi connectivity index (χ4n) is 3.79. The molecule has 0 aliphatic carbocycles. The highest BCUT2D eigenvalue weighted by atomic mass is 19.4. The first-order valence-electron chi connectivity index (χ1n) is 9.90. The molecule has 1 fully saturated rings. The summed E-state index contributed by atoms with van der Waals surface area (Å²) in [5.74, 6) is 0.889. The molecule has 1 N–H and O–H groups in total. The van der Waals surface area contributed by atoms with Crippen LogP contribution in [-0.4, -0.2) is 52.3 Å². The maximum Gasteiger partial charge on any atom is 0.416 e. The molecule has 3 aromatic rings. The monoisotopic (exact) mass is 433 g/mol. The molecular weight excluding hydrogens is 411 g/mol. The Hall–Kier alpha value is -3.14. The number of imidazole rings is 1. The highest BCUT2D eigenvalue weighted by Gasteiger charge is 2.32. The van der Waals surface area contributed by atoms with Gasteiger partial charge in [0.15, 0.2) is 5.65 Å². The highest BCUT2D eigenvalue weighted by Crippen LogP contribution is 2.31. The smallest absolute Gasteiger partial charge is 0.383 e. The molecule has 3 heterocycles. The molecule has 2 aromatic heterocycles. The second kappa shape index (κ2) is 8.54. The van der Waals surface area contributed by atoms with Crippen LogP contribution in [0.2, 0.25) is 0 Å². The average Bonchev–Trinajstić information content (AvgIpc) is 3.37. The molecule has 4 rings (SSSR count). The van der Waals surface area contributed by atoms with E-state index in [2.05, 4.69) is 10.3 Å². The predicted molar refractivity (Wildman–Crippen MR) is 109 cm³/mol. The third-order valence-corrected chi connectivity index (χ3v) is 5.36. The van der Waals surface area contributed by atoms with E-state index in [1.165, 1.54) is 12.1 Å². The van der Waals surface area contributed by atoms with Crippen LogP contribution < -0.4 is 5.32 Å². The fraction of sp³-hybridized carbons (Fsp3) is 0.381. The van der Waals surface area contributed by atoms with Gasteiger partial charge in [0.2, 0.25) is 0 Å². The van der Waals surface area contributed by atoms with Crippen molar-refractivity contribution in [2.75, 3.05) is 32.1 Å². The predicted octanol–water partition coefficient (Wildman–Crippen LogP) is 4.12. The van der Waals surface area contributed by atoms with Crippen molar-refractivity contribution in [3.63, 3.8) is 0 Å². The number of aromatic nitrogens is 3. The molecule has 1 atom stereocenters. The first-order valence-corrected chi connectivity index (χ1v) is 9.90. The Morgan fingerprint density at radius 1 is 1.26 bits per heavy atom. The third kappa shape index (κ3) is 4.48. The fourth-order valence-corrected chi connectivity index (χ4v) is 3.79. The number of rotatable bonds is 5. The van der Waals surface area contributed by atoms with Crippen LogP contribution >= 0.6 is 0 Å². The first-order chi connectivity index (χ1) is 14.9. The van der Waals surface area contributed by atoms with Crippen molar-refractivity contribution in [3.8, 4) is 0 Å². The Balaban J connectivity index is 1.46.